The number of nitro groups is 2. The minimum atomic E-state index is -1.54. The van der Waals surface area contributed by atoms with Crippen LogP contribution in [0.2, 0.25) is 0 Å². The van der Waals surface area contributed by atoms with Crippen LogP contribution in [0.4, 0.5) is 11.4 Å². The number of benzene rings is 3. The van der Waals surface area contributed by atoms with Gasteiger partial charge in [0.25, 0.3) is 17.6 Å². The number of hydrogen-bond donors (Lipinski definition) is 2. The van der Waals surface area contributed by atoms with Crippen LogP contribution in [0, 0.1) is 20.2 Å². The van der Waals surface area contributed by atoms with Gasteiger partial charge < -0.3 is 10.1 Å². The minimum Gasteiger partial charge on any atom is -0.489 e. The number of rotatable bonds is 6. The monoisotopic (exact) mass is 552 g/mol. The Morgan fingerprint density at radius 1 is 1.06 bits per heavy atom. The van der Waals surface area contributed by atoms with Gasteiger partial charge in [0.05, 0.1) is 10.8 Å². The molecule has 0 bridgehead atoms. The molecule has 3 aromatic carbocycles. The standard InChI is InChI=1S/C25H21BrN4O6/c1-14-22(23(30(34)35)25(28-14)19-7-2-3-8-20(19)27-24(25)31)18-12-16(26)9-10-21(18)36-13-15-5-4-6-17(11-15)29(32)33/h2-12,14,22-23,28H,13H2,1H3,(H,27,31)/t14-,22+,23-,25-/m0/s1. The van der Waals surface area contributed by atoms with Crippen LogP contribution in [0.25, 0.3) is 0 Å². The number of nitrogens with one attached hydrogen (secondary N) is 2. The molecule has 1 fully saturated rings. The summed E-state index contributed by atoms with van der Waals surface area (Å²) in [4.78, 5) is 36.1. The molecule has 0 aromatic heterocycles. The van der Waals surface area contributed by atoms with Crippen LogP contribution >= 0.6 is 15.9 Å². The van der Waals surface area contributed by atoms with Crippen molar-refractivity contribution in [2.45, 2.75) is 37.1 Å². The number of carbonyl (C=O) groups excluding carboxylic acids is 1. The lowest BCUT2D eigenvalue weighted by Crippen LogP contribution is -2.54. The van der Waals surface area contributed by atoms with Gasteiger partial charge in [0.15, 0.2) is 5.54 Å². The van der Waals surface area contributed by atoms with Gasteiger partial charge in [0.2, 0.25) is 0 Å². The maximum Gasteiger partial charge on any atom is 0.269 e. The zero-order valence-electron chi connectivity index (χ0n) is 19.0. The van der Waals surface area contributed by atoms with E-state index in [1.807, 2.05) is 6.92 Å². The summed E-state index contributed by atoms with van der Waals surface area (Å²) in [5.41, 5.74) is 0.643. The van der Waals surface area contributed by atoms with Gasteiger partial charge in [-0.2, -0.15) is 0 Å². The Hall–Kier alpha value is -3.83. The highest BCUT2D eigenvalue weighted by atomic mass is 79.9. The second-order valence-corrected chi connectivity index (χ2v) is 9.81. The number of halogens is 1. The average molecular weight is 553 g/mol. The van der Waals surface area contributed by atoms with Crippen molar-refractivity contribution < 1.29 is 19.4 Å². The number of fused-ring (bicyclic) bond motifs is 2. The van der Waals surface area contributed by atoms with E-state index < -0.39 is 39.3 Å². The number of ether oxygens (including phenoxy) is 1. The number of nitro benzene ring substituents is 1. The molecule has 5 rings (SSSR count). The third kappa shape index (κ3) is 3.80. The summed E-state index contributed by atoms with van der Waals surface area (Å²) in [6.45, 7) is 1.85. The van der Waals surface area contributed by atoms with Gasteiger partial charge >= 0.3 is 0 Å². The van der Waals surface area contributed by atoms with Crippen LogP contribution in [0.3, 0.4) is 0 Å². The Bertz CT molecular complexity index is 1400. The van der Waals surface area contributed by atoms with Crippen molar-refractivity contribution in [1.29, 1.82) is 0 Å². The third-order valence-electron chi connectivity index (χ3n) is 6.81. The summed E-state index contributed by atoms with van der Waals surface area (Å²) in [5.74, 6) is -0.776. The normalized spacial score (nSPS) is 24.4. The molecule has 0 aliphatic carbocycles. The van der Waals surface area contributed by atoms with E-state index in [-0.39, 0.29) is 12.3 Å². The molecular formula is C25H21BrN4O6. The van der Waals surface area contributed by atoms with E-state index >= 15 is 0 Å². The molecule has 0 unspecified atom stereocenters. The molecule has 2 heterocycles. The predicted octanol–water partition coefficient (Wildman–Crippen LogP) is 4.50. The van der Waals surface area contributed by atoms with Crippen molar-refractivity contribution in [2.24, 2.45) is 0 Å². The van der Waals surface area contributed by atoms with Gasteiger partial charge in [0, 0.05) is 44.4 Å². The molecule has 11 heteroatoms. The first-order chi connectivity index (χ1) is 17.2. The summed E-state index contributed by atoms with van der Waals surface area (Å²) in [6.07, 6.45) is 0. The first kappa shape index (κ1) is 23.9. The van der Waals surface area contributed by atoms with Gasteiger partial charge in [0.1, 0.15) is 12.4 Å². The number of non-ortho nitro benzene ring substituents is 1. The summed E-state index contributed by atoms with van der Waals surface area (Å²) in [7, 11) is 0. The van der Waals surface area contributed by atoms with Gasteiger partial charge in [-0.25, -0.2) is 0 Å². The molecule has 2 N–H and O–H groups in total. The summed E-state index contributed by atoms with van der Waals surface area (Å²) in [6, 6.07) is 16.5. The van der Waals surface area contributed by atoms with Crippen molar-refractivity contribution in [2.75, 3.05) is 5.32 Å². The molecule has 3 aromatic rings. The van der Waals surface area contributed by atoms with Crippen LogP contribution in [0.5, 0.6) is 5.75 Å². The number of nitrogens with zero attached hydrogens (tertiary/aromatic N) is 2. The van der Waals surface area contributed by atoms with E-state index in [2.05, 4.69) is 26.6 Å². The number of para-hydroxylation sites is 1. The lowest BCUT2D eigenvalue weighted by atomic mass is 9.78. The van der Waals surface area contributed by atoms with Gasteiger partial charge in [-0.1, -0.05) is 46.3 Å². The topological polar surface area (TPSA) is 137 Å². The van der Waals surface area contributed by atoms with Crippen molar-refractivity contribution in [3.8, 4) is 5.75 Å². The second-order valence-electron chi connectivity index (χ2n) is 8.89. The van der Waals surface area contributed by atoms with Crippen LogP contribution in [-0.4, -0.2) is 27.8 Å². The zero-order valence-corrected chi connectivity index (χ0v) is 20.6. The maximum atomic E-state index is 13.3. The molecule has 10 nitrogen and oxygen atoms in total. The van der Waals surface area contributed by atoms with E-state index in [9.17, 15) is 25.0 Å². The predicted molar refractivity (Wildman–Crippen MR) is 134 cm³/mol. The van der Waals surface area contributed by atoms with Crippen molar-refractivity contribution in [3.05, 3.63) is 108 Å². The third-order valence-corrected chi connectivity index (χ3v) is 7.30. The molecule has 4 atom stereocenters. The number of amides is 1. The first-order valence-electron chi connectivity index (χ1n) is 11.2. The largest absolute Gasteiger partial charge is 0.489 e. The average Bonchev–Trinajstić information content (AvgIpc) is 3.32. The highest BCUT2D eigenvalue weighted by Gasteiger charge is 2.68. The summed E-state index contributed by atoms with van der Waals surface area (Å²) < 4.78 is 6.76. The molecular weight excluding hydrogens is 532 g/mol. The van der Waals surface area contributed by atoms with Gasteiger partial charge in [-0.05, 0) is 36.8 Å². The highest BCUT2D eigenvalue weighted by Crippen LogP contribution is 2.51. The van der Waals surface area contributed by atoms with Crippen molar-refractivity contribution >= 4 is 33.2 Å². The van der Waals surface area contributed by atoms with E-state index in [4.69, 9.17) is 4.74 Å². The van der Waals surface area contributed by atoms with Crippen LogP contribution < -0.4 is 15.4 Å². The molecule has 36 heavy (non-hydrogen) atoms. The molecule has 184 valence electrons. The second kappa shape index (κ2) is 8.99. The zero-order chi connectivity index (χ0) is 25.6. The molecule has 1 spiro atoms. The molecule has 1 amide bonds. The molecule has 1 saturated heterocycles. The van der Waals surface area contributed by atoms with Crippen LogP contribution in [0.15, 0.2) is 71.2 Å². The van der Waals surface area contributed by atoms with Gasteiger partial charge in [-0.15, -0.1) is 0 Å². The number of hydrogen-bond acceptors (Lipinski definition) is 7. The Labute approximate surface area is 214 Å². The fourth-order valence-corrected chi connectivity index (χ4v) is 5.73. The fourth-order valence-electron chi connectivity index (χ4n) is 5.35. The smallest absolute Gasteiger partial charge is 0.269 e. The molecule has 0 radical (unpaired) electrons. The Balaban J connectivity index is 1.55. The lowest BCUT2D eigenvalue weighted by molar-refractivity contribution is -0.532. The lowest BCUT2D eigenvalue weighted by Gasteiger charge is -2.26. The number of carbonyl (C=O) groups is 1. The quantitative estimate of drug-likeness (QED) is 0.339. The Morgan fingerprint density at radius 2 is 1.83 bits per heavy atom. The minimum absolute atomic E-state index is 0.0302. The van der Waals surface area contributed by atoms with Crippen LogP contribution in [-0.2, 0) is 16.9 Å². The Morgan fingerprint density at radius 3 is 2.58 bits per heavy atom. The van der Waals surface area contributed by atoms with E-state index in [1.54, 1.807) is 54.6 Å². The summed E-state index contributed by atoms with van der Waals surface area (Å²) in [5, 5.41) is 29.8. The molecule has 2 aliphatic heterocycles. The Kier molecular flexibility index (Phi) is 5.97. The van der Waals surface area contributed by atoms with Crippen molar-refractivity contribution in [3.63, 3.8) is 0 Å². The fraction of sp³-hybridized carbons (Fsp3) is 0.240. The van der Waals surface area contributed by atoms with Crippen molar-refractivity contribution in [1.82, 2.24) is 5.32 Å². The van der Waals surface area contributed by atoms with Gasteiger partial charge in [-0.3, -0.25) is 30.3 Å². The number of anilines is 1. The van der Waals surface area contributed by atoms with E-state index in [0.29, 0.717) is 32.6 Å². The first-order valence-corrected chi connectivity index (χ1v) is 12.0. The summed E-state index contributed by atoms with van der Waals surface area (Å²) >= 11 is 3.45. The maximum absolute atomic E-state index is 13.3. The van der Waals surface area contributed by atoms with E-state index in [0.717, 1.165) is 0 Å². The SMILES string of the molecule is C[C@@H]1N[C@]2(C(=O)Nc3ccccc32)[C@@H]([N+](=O)[O-])[C@H]1c1cc(Br)ccc1OCc1cccc([N+](=O)[O-])c1. The molecule has 2 aliphatic rings. The van der Waals surface area contributed by atoms with Crippen LogP contribution in [0.1, 0.15) is 29.5 Å². The molecule has 0 saturated carbocycles. The van der Waals surface area contributed by atoms with E-state index in [1.165, 1.54) is 12.1 Å². The highest BCUT2D eigenvalue weighted by molar-refractivity contribution is 9.10.